The van der Waals surface area contributed by atoms with E-state index in [2.05, 4.69) is 31.6 Å². The van der Waals surface area contributed by atoms with Crippen molar-refractivity contribution in [3.8, 4) is 17.2 Å². The van der Waals surface area contributed by atoms with Gasteiger partial charge in [-0.05, 0) is 43.4 Å². The van der Waals surface area contributed by atoms with Gasteiger partial charge in [0.25, 0.3) is 0 Å². The van der Waals surface area contributed by atoms with E-state index in [1.54, 1.807) is 4.68 Å². The van der Waals surface area contributed by atoms with E-state index in [0.29, 0.717) is 17.3 Å². The van der Waals surface area contributed by atoms with Gasteiger partial charge in [0.1, 0.15) is 0 Å². The minimum Gasteiger partial charge on any atom is -0.369 e. The highest BCUT2D eigenvalue weighted by molar-refractivity contribution is 5.75. The second-order valence-electron chi connectivity index (χ2n) is 5.93. The van der Waals surface area contributed by atoms with Crippen LogP contribution in [0.2, 0.25) is 0 Å². The number of primary amides is 1. The Morgan fingerprint density at radius 3 is 2.96 bits per heavy atom. The number of rotatable bonds is 4. The fourth-order valence-corrected chi connectivity index (χ4v) is 3.20. The smallest absolute Gasteiger partial charge is 0.225 e. The van der Waals surface area contributed by atoms with Crippen LogP contribution in [0.4, 0.5) is 0 Å². The summed E-state index contributed by atoms with van der Waals surface area (Å²) in [5.41, 5.74) is 10.2. The lowest BCUT2D eigenvalue weighted by molar-refractivity contribution is -0.117. The Morgan fingerprint density at radius 2 is 2.21 bits per heavy atom. The van der Waals surface area contributed by atoms with Gasteiger partial charge in [0, 0.05) is 0 Å². The molecule has 0 saturated carbocycles. The number of benzene rings is 1. The van der Waals surface area contributed by atoms with Crippen LogP contribution in [0.25, 0.3) is 17.2 Å². The maximum absolute atomic E-state index is 11.3. The third kappa shape index (κ3) is 2.36. The first-order valence-electron chi connectivity index (χ1n) is 7.86. The number of carbonyl (C=O) groups is 1. The van der Waals surface area contributed by atoms with Gasteiger partial charge in [-0.3, -0.25) is 4.79 Å². The number of amides is 1. The van der Waals surface area contributed by atoms with Gasteiger partial charge in [-0.2, -0.15) is 20.5 Å². The first kappa shape index (κ1) is 14.6. The Kier molecular flexibility index (Phi) is 3.37. The number of carbonyl (C=O) groups excluding carboxylic acids is 1. The van der Waals surface area contributed by atoms with E-state index in [0.717, 1.165) is 30.6 Å². The molecule has 8 heteroatoms. The summed E-state index contributed by atoms with van der Waals surface area (Å²) >= 11 is 0. The zero-order valence-corrected chi connectivity index (χ0v) is 13.3. The molecule has 2 heterocycles. The fourth-order valence-electron chi connectivity index (χ4n) is 3.20. The fraction of sp³-hybridized carbons (Fsp3) is 0.312. The minimum absolute atomic E-state index is 0.00801. The number of nitrogens with two attached hydrogens (primary N) is 1. The molecule has 1 aliphatic carbocycles. The summed E-state index contributed by atoms with van der Waals surface area (Å²) in [5.74, 6) is 0.488. The van der Waals surface area contributed by atoms with Crippen LogP contribution in [0.15, 0.2) is 18.2 Å². The summed E-state index contributed by atoms with van der Waals surface area (Å²) in [6.45, 7) is 1.85. The van der Waals surface area contributed by atoms with Gasteiger partial charge in [0.05, 0.1) is 17.8 Å². The average Bonchev–Trinajstić information content (AvgIpc) is 3.24. The predicted molar refractivity (Wildman–Crippen MR) is 86.4 cm³/mol. The Hall–Kier alpha value is -3.03. The molecule has 122 valence electrons. The molecule has 0 aliphatic heterocycles. The highest BCUT2D eigenvalue weighted by Gasteiger charge is 2.23. The first-order valence-corrected chi connectivity index (χ1v) is 7.86. The van der Waals surface area contributed by atoms with Gasteiger partial charge in [-0.1, -0.05) is 12.1 Å². The third-order valence-corrected chi connectivity index (χ3v) is 4.27. The molecule has 3 aromatic rings. The van der Waals surface area contributed by atoms with Crippen LogP contribution in [-0.4, -0.2) is 36.1 Å². The standard InChI is InChI=1S/C16H17N7O/c1-9-15(20-22-19-9)16-18-14(8-13(17)24)21-23(16)12-7-3-5-10-4-2-6-11(10)12/h3,5,7H,2,4,6,8H2,1H3,(H2,17,24)(H,19,20,22). The number of fused-ring (bicyclic) bond motifs is 1. The van der Waals surface area contributed by atoms with Gasteiger partial charge < -0.3 is 5.73 Å². The highest BCUT2D eigenvalue weighted by atomic mass is 16.1. The molecular formula is C16H17N7O. The number of nitrogens with zero attached hydrogens (tertiary/aromatic N) is 5. The molecule has 0 saturated heterocycles. The normalized spacial score (nSPS) is 13.2. The van der Waals surface area contributed by atoms with Crippen molar-refractivity contribution in [3.63, 3.8) is 0 Å². The lowest BCUT2D eigenvalue weighted by Gasteiger charge is -2.10. The van der Waals surface area contributed by atoms with Gasteiger partial charge in [0.15, 0.2) is 17.3 Å². The number of nitrogens with one attached hydrogen (secondary N) is 1. The Labute approximate surface area is 138 Å². The lowest BCUT2D eigenvalue weighted by atomic mass is 10.1. The van der Waals surface area contributed by atoms with Crippen molar-refractivity contribution >= 4 is 5.91 Å². The largest absolute Gasteiger partial charge is 0.369 e. The van der Waals surface area contributed by atoms with Crippen LogP contribution < -0.4 is 5.73 Å². The van der Waals surface area contributed by atoms with Gasteiger partial charge >= 0.3 is 0 Å². The number of aromatic nitrogens is 6. The van der Waals surface area contributed by atoms with E-state index in [4.69, 9.17) is 5.73 Å². The molecule has 1 aromatic carbocycles. The van der Waals surface area contributed by atoms with Crippen LogP contribution in [0, 0.1) is 6.92 Å². The molecule has 1 amide bonds. The van der Waals surface area contributed by atoms with Crippen LogP contribution in [0.3, 0.4) is 0 Å². The quantitative estimate of drug-likeness (QED) is 0.739. The Balaban J connectivity index is 1.91. The number of aryl methyl sites for hydroxylation is 2. The molecule has 0 unspecified atom stereocenters. The van der Waals surface area contributed by atoms with E-state index in [1.165, 1.54) is 11.1 Å². The average molecular weight is 323 g/mol. The zero-order chi connectivity index (χ0) is 16.7. The van der Waals surface area contributed by atoms with Crippen molar-refractivity contribution in [2.24, 2.45) is 5.73 Å². The van der Waals surface area contributed by atoms with E-state index in [-0.39, 0.29) is 6.42 Å². The number of aromatic amines is 1. The monoisotopic (exact) mass is 323 g/mol. The third-order valence-electron chi connectivity index (χ3n) is 4.27. The summed E-state index contributed by atoms with van der Waals surface area (Å²) in [7, 11) is 0. The highest BCUT2D eigenvalue weighted by Crippen LogP contribution is 2.30. The molecule has 24 heavy (non-hydrogen) atoms. The molecule has 4 rings (SSSR count). The molecule has 0 spiro atoms. The van der Waals surface area contributed by atoms with Crippen molar-refractivity contribution in [1.29, 1.82) is 0 Å². The van der Waals surface area contributed by atoms with E-state index in [9.17, 15) is 4.79 Å². The van der Waals surface area contributed by atoms with Gasteiger partial charge in [-0.15, -0.1) is 0 Å². The molecule has 0 bridgehead atoms. The summed E-state index contributed by atoms with van der Waals surface area (Å²) in [5, 5.41) is 15.4. The second-order valence-corrected chi connectivity index (χ2v) is 5.93. The summed E-state index contributed by atoms with van der Waals surface area (Å²) in [4.78, 5) is 15.7. The number of hydrogen-bond acceptors (Lipinski definition) is 5. The molecule has 8 nitrogen and oxygen atoms in total. The van der Waals surface area contributed by atoms with E-state index < -0.39 is 5.91 Å². The summed E-state index contributed by atoms with van der Waals surface area (Å²) in [6, 6.07) is 6.19. The molecule has 0 atom stereocenters. The van der Waals surface area contributed by atoms with Crippen molar-refractivity contribution in [2.45, 2.75) is 32.6 Å². The number of hydrogen-bond donors (Lipinski definition) is 2. The maximum atomic E-state index is 11.3. The summed E-state index contributed by atoms with van der Waals surface area (Å²) < 4.78 is 1.76. The number of H-pyrrole nitrogens is 1. The van der Waals surface area contributed by atoms with Gasteiger partial charge in [-0.25, -0.2) is 9.67 Å². The molecule has 0 radical (unpaired) electrons. The lowest BCUT2D eigenvalue weighted by Crippen LogP contribution is -2.14. The Bertz CT molecular complexity index is 924. The topological polar surface area (TPSA) is 115 Å². The molecule has 2 aromatic heterocycles. The van der Waals surface area contributed by atoms with Crippen molar-refractivity contribution in [3.05, 3.63) is 40.8 Å². The van der Waals surface area contributed by atoms with Crippen LogP contribution in [0.5, 0.6) is 0 Å². The predicted octanol–water partition coefficient (Wildman–Crippen LogP) is 0.877. The van der Waals surface area contributed by atoms with Crippen molar-refractivity contribution in [2.75, 3.05) is 0 Å². The Morgan fingerprint density at radius 1 is 1.33 bits per heavy atom. The van der Waals surface area contributed by atoms with Gasteiger partial charge in [0.2, 0.25) is 5.91 Å². The first-order chi connectivity index (χ1) is 11.6. The second kappa shape index (κ2) is 5.55. The van der Waals surface area contributed by atoms with Crippen LogP contribution in [0.1, 0.15) is 29.1 Å². The minimum atomic E-state index is -0.464. The summed E-state index contributed by atoms with van der Waals surface area (Å²) in [6.07, 6.45) is 3.21. The van der Waals surface area contributed by atoms with Crippen LogP contribution in [-0.2, 0) is 24.1 Å². The molecule has 1 aliphatic rings. The SMILES string of the molecule is Cc1n[nH]nc1-c1nc(CC(N)=O)nn1-c1cccc2c1CCC2. The molecule has 3 N–H and O–H groups in total. The zero-order valence-electron chi connectivity index (χ0n) is 13.3. The van der Waals surface area contributed by atoms with Crippen molar-refractivity contribution in [1.82, 2.24) is 30.2 Å². The molecular weight excluding hydrogens is 306 g/mol. The van der Waals surface area contributed by atoms with Crippen molar-refractivity contribution < 1.29 is 4.79 Å². The van der Waals surface area contributed by atoms with E-state index >= 15 is 0 Å². The molecule has 0 fully saturated rings. The van der Waals surface area contributed by atoms with Crippen LogP contribution >= 0.6 is 0 Å². The van der Waals surface area contributed by atoms with E-state index in [1.807, 2.05) is 19.1 Å². The maximum Gasteiger partial charge on any atom is 0.225 e.